The Morgan fingerprint density at radius 1 is 1.05 bits per heavy atom. The maximum absolute atomic E-state index is 12.8. The summed E-state index contributed by atoms with van der Waals surface area (Å²) in [5.74, 6) is 3.90. The maximum atomic E-state index is 12.8. The third-order valence-electron chi connectivity index (χ3n) is 6.87. The third-order valence-corrected chi connectivity index (χ3v) is 6.87. The molecule has 9 heteroatoms. The smallest absolute Gasteiger partial charge is 0.254 e. The second-order valence-electron chi connectivity index (χ2n) is 9.60. The standard InChI is InChI=1S/C28H32N6O3/c1-5-11-32(4)27(35)22-8-6-7-21(16-22)24-10-9-23-25(29-24)30-28(34-13-15-37-18-20(34)3)31-26(23)33-12-14-36-17-19(33)2/h1,6-10,16,19-20H,11-15,17-18H2,2-4H3/t19-,20-/m0/s1. The fourth-order valence-corrected chi connectivity index (χ4v) is 4.80. The van der Waals surface area contributed by atoms with Gasteiger partial charge in [-0.3, -0.25) is 4.79 Å². The highest BCUT2D eigenvalue weighted by Crippen LogP contribution is 2.31. The van der Waals surface area contributed by atoms with Gasteiger partial charge in [0.1, 0.15) is 5.82 Å². The first-order valence-electron chi connectivity index (χ1n) is 12.6. The molecule has 37 heavy (non-hydrogen) atoms. The van der Waals surface area contributed by atoms with Crippen LogP contribution < -0.4 is 9.80 Å². The van der Waals surface area contributed by atoms with Crippen LogP contribution in [0.25, 0.3) is 22.3 Å². The van der Waals surface area contributed by atoms with Crippen molar-refractivity contribution < 1.29 is 14.3 Å². The Balaban J connectivity index is 1.59. The summed E-state index contributed by atoms with van der Waals surface area (Å²) in [6.07, 6.45) is 5.38. The van der Waals surface area contributed by atoms with Gasteiger partial charge in [0.15, 0.2) is 5.65 Å². The van der Waals surface area contributed by atoms with Gasteiger partial charge in [-0.1, -0.05) is 18.1 Å². The van der Waals surface area contributed by atoms with Gasteiger partial charge >= 0.3 is 0 Å². The first kappa shape index (κ1) is 24.9. The molecule has 1 amide bonds. The van der Waals surface area contributed by atoms with Crippen molar-refractivity contribution in [2.75, 3.05) is 62.9 Å². The molecule has 0 saturated carbocycles. The summed E-state index contributed by atoms with van der Waals surface area (Å²) >= 11 is 0. The van der Waals surface area contributed by atoms with Gasteiger partial charge in [0, 0.05) is 31.3 Å². The van der Waals surface area contributed by atoms with Crippen LogP contribution in [0.5, 0.6) is 0 Å². The lowest BCUT2D eigenvalue weighted by molar-refractivity contribution is 0.0812. The van der Waals surface area contributed by atoms with Crippen LogP contribution >= 0.6 is 0 Å². The minimum absolute atomic E-state index is 0.130. The average Bonchev–Trinajstić information content (AvgIpc) is 2.92. The molecule has 1 aromatic carbocycles. The molecule has 2 aromatic heterocycles. The average molecular weight is 501 g/mol. The van der Waals surface area contributed by atoms with E-state index in [0.717, 1.165) is 35.6 Å². The van der Waals surface area contributed by atoms with E-state index in [-0.39, 0.29) is 24.5 Å². The van der Waals surface area contributed by atoms with Gasteiger partial charge in [0.05, 0.1) is 56.1 Å². The van der Waals surface area contributed by atoms with Crippen LogP contribution in [0.3, 0.4) is 0 Å². The Labute approximate surface area is 217 Å². The second kappa shape index (κ2) is 10.7. The number of amides is 1. The van der Waals surface area contributed by atoms with Crippen LogP contribution in [-0.4, -0.2) is 91.0 Å². The lowest BCUT2D eigenvalue weighted by Gasteiger charge is -2.37. The highest BCUT2D eigenvalue weighted by atomic mass is 16.5. The molecule has 2 fully saturated rings. The summed E-state index contributed by atoms with van der Waals surface area (Å²) in [5.41, 5.74) is 2.76. The first-order valence-corrected chi connectivity index (χ1v) is 12.6. The normalized spacial score (nSPS) is 20.1. The summed E-state index contributed by atoms with van der Waals surface area (Å²) < 4.78 is 11.3. The number of pyridine rings is 1. The number of rotatable bonds is 5. The molecule has 2 atom stereocenters. The number of benzene rings is 1. The highest BCUT2D eigenvalue weighted by molar-refractivity contribution is 5.96. The van der Waals surface area contributed by atoms with E-state index in [1.807, 2.05) is 30.3 Å². The van der Waals surface area contributed by atoms with E-state index >= 15 is 0 Å². The van der Waals surface area contributed by atoms with E-state index in [4.69, 9.17) is 30.8 Å². The molecule has 0 aliphatic carbocycles. The van der Waals surface area contributed by atoms with Crippen LogP contribution in [0.15, 0.2) is 36.4 Å². The Hall–Kier alpha value is -3.74. The number of ether oxygens (including phenoxy) is 2. The van der Waals surface area contributed by atoms with Crippen LogP contribution in [0.4, 0.5) is 11.8 Å². The predicted molar refractivity (Wildman–Crippen MR) is 144 cm³/mol. The molecule has 192 valence electrons. The van der Waals surface area contributed by atoms with E-state index < -0.39 is 0 Å². The maximum Gasteiger partial charge on any atom is 0.254 e. The summed E-state index contributed by atoms with van der Waals surface area (Å²) in [4.78, 5) is 33.7. The van der Waals surface area contributed by atoms with E-state index in [1.54, 1.807) is 13.1 Å². The lowest BCUT2D eigenvalue weighted by Crippen LogP contribution is -2.46. The Morgan fingerprint density at radius 2 is 1.78 bits per heavy atom. The minimum atomic E-state index is -0.130. The Bertz CT molecular complexity index is 1340. The SMILES string of the molecule is C#CCN(C)C(=O)c1cccc(-c2ccc3c(N4CCOC[C@@H]4C)nc(N4CCOC[C@@H]4C)nc3n2)c1. The highest BCUT2D eigenvalue weighted by Gasteiger charge is 2.27. The van der Waals surface area contributed by atoms with Crippen molar-refractivity contribution >= 4 is 28.7 Å². The monoisotopic (exact) mass is 500 g/mol. The van der Waals surface area contributed by atoms with Crippen molar-refractivity contribution in [1.29, 1.82) is 0 Å². The zero-order chi connectivity index (χ0) is 25.9. The molecule has 0 bridgehead atoms. The summed E-state index contributed by atoms with van der Waals surface area (Å²) in [7, 11) is 1.70. The van der Waals surface area contributed by atoms with Crippen LogP contribution in [0.2, 0.25) is 0 Å². The van der Waals surface area contributed by atoms with Crippen molar-refractivity contribution in [2.45, 2.75) is 25.9 Å². The fourth-order valence-electron chi connectivity index (χ4n) is 4.80. The van der Waals surface area contributed by atoms with E-state index in [0.29, 0.717) is 43.6 Å². The molecule has 9 nitrogen and oxygen atoms in total. The molecule has 3 aromatic rings. The largest absolute Gasteiger partial charge is 0.377 e. The zero-order valence-electron chi connectivity index (χ0n) is 21.6. The molecular formula is C28H32N6O3. The number of hydrogen-bond donors (Lipinski definition) is 0. The molecule has 0 unspecified atom stereocenters. The number of nitrogens with zero attached hydrogens (tertiary/aromatic N) is 6. The van der Waals surface area contributed by atoms with Gasteiger partial charge < -0.3 is 24.2 Å². The minimum Gasteiger partial charge on any atom is -0.377 e. The van der Waals surface area contributed by atoms with Crippen molar-refractivity contribution in [2.24, 2.45) is 0 Å². The number of anilines is 2. The van der Waals surface area contributed by atoms with Crippen LogP contribution in [-0.2, 0) is 9.47 Å². The van der Waals surface area contributed by atoms with Gasteiger partial charge in [-0.15, -0.1) is 6.42 Å². The topological polar surface area (TPSA) is 83.9 Å². The number of fused-ring (bicyclic) bond motifs is 1. The second-order valence-corrected chi connectivity index (χ2v) is 9.60. The van der Waals surface area contributed by atoms with Gasteiger partial charge in [-0.25, -0.2) is 4.98 Å². The molecule has 2 aliphatic rings. The summed E-state index contributed by atoms with van der Waals surface area (Å²) in [6, 6.07) is 11.8. The molecule has 4 heterocycles. The van der Waals surface area contributed by atoms with Gasteiger partial charge in [0.25, 0.3) is 5.91 Å². The lowest BCUT2D eigenvalue weighted by atomic mass is 10.1. The van der Waals surface area contributed by atoms with Crippen molar-refractivity contribution in [3.63, 3.8) is 0 Å². The zero-order valence-corrected chi connectivity index (χ0v) is 21.6. The molecule has 5 rings (SSSR count). The van der Waals surface area contributed by atoms with Gasteiger partial charge in [-0.05, 0) is 38.1 Å². The molecule has 2 aliphatic heterocycles. The quantitative estimate of drug-likeness (QED) is 0.495. The number of terminal acetylenes is 1. The third kappa shape index (κ3) is 5.08. The number of aromatic nitrogens is 3. The number of carbonyl (C=O) groups excluding carboxylic acids is 1. The fraction of sp³-hybridized carbons (Fsp3) is 0.429. The molecule has 0 radical (unpaired) electrons. The van der Waals surface area contributed by atoms with Crippen molar-refractivity contribution in [1.82, 2.24) is 19.9 Å². The van der Waals surface area contributed by atoms with Crippen molar-refractivity contribution in [3.8, 4) is 23.6 Å². The Kier molecular flexibility index (Phi) is 7.22. The summed E-state index contributed by atoms with van der Waals surface area (Å²) in [6.45, 7) is 8.56. The van der Waals surface area contributed by atoms with Gasteiger partial charge in [0.2, 0.25) is 5.95 Å². The van der Waals surface area contributed by atoms with E-state index in [2.05, 4.69) is 29.6 Å². The first-order chi connectivity index (χ1) is 18.0. The van der Waals surface area contributed by atoms with Crippen molar-refractivity contribution in [3.05, 3.63) is 42.0 Å². The van der Waals surface area contributed by atoms with Crippen LogP contribution in [0, 0.1) is 12.3 Å². The van der Waals surface area contributed by atoms with Crippen LogP contribution in [0.1, 0.15) is 24.2 Å². The molecule has 0 spiro atoms. The molecular weight excluding hydrogens is 468 g/mol. The van der Waals surface area contributed by atoms with E-state index in [1.165, 1.54) is 4.90 Å². The number of carbonyl (C=O) groups is 1. The molecule has 0 N–H and O–H groups in total. The number of hydrogen-bond acceptors (Lipinski definition) is 8. The predicted octanol–water partition coefficient (Wildman–Crippen LogP) is 2.85. The number of morpholine rings is 2. The van der Waals surface area contributed by atoms with Gasteiger partial charge in [-0.2, -0.15) is 9.97 Å². The van der Waals surface area contributed by atoms with E-state index in [9.17, 15) is 4.79 Å². The Morgan fingerprint density at radius 3 is 2.49 bits per heavy atom. The molecule has 2 saturated heterocycles. The summed E-state index contributed by atoms with van der Waals surface area (Å²) in [5, 5.41) is 0.892.